The second kappa shape index (κ2) is 2.97. The van der Waals surface area contributed by atoms with Crippen molar-refractivity contribution in [3.63, 3.8) is 0 Å². The Morgan fingerprint density at radius 1 is 1.60 bits per heavy atom. The third-order valence-electron chi connectivity index (χ3n) is 1.40. The van der Waals surface area contributed by atoms with Crippen molar-refractivity contribution in [2.45, 2.75) is 20.8 Å². The number of nitrogens with zero attached hydrogens (tertiary/aromatic N) is 1. The molecular weight excluding hydrogens is 142 g/mol. The molecule has 0 aromatic carbocycles. The predicted molar refractivity (Wildman–Crippen MR) is 46.3 cm³/mol. The lowest BCUT2D eigenvalue weighted by atomic mass is 10.3. The van der Waals surface area contributed by atoms with Crippen molar-refractivity contribution in [1.82, 2.24) is 4.37 Å². The maximum atomic E-state index is 4.10. The summed E-state index contributed by atoms with van der Waals surface area (Å²) in [7, 11) is 0. The first-order valence-electron chi connectivity index (χ1n) is 3.30. The van der Waals surface area contributed by atoms with Crippen LogP contribution in [0.15, 0.2) is 6.20 Å². The lowest BCUT2D eigenvalue weighted by molar-refractivity contribution is 1.45. The molecule has 1 aromatic heterocycles. The van der Waals surface area contributed by atoms with Crippen LogP contribution in [0, 0.1) is 0 Å². The van der Waals surface area contributed by atoms with Gasteiger partial charge in [0.05, 0.1) is 4.53 Å². The van der Waals surface area contributed by atoms with Crippen molar-refractivity contribution in [1.29, 1.82) is 0 Å². The molecule has 0 atom stereocenters. The summed E-state index contributed by atoms with van der Waals surface area (Å²) in [6, 6.07) is 0. The minimum Gasteiger partial charge on any atom is -0.200 e. The van der Waals surface area contributed by atoms with Crippen molar-refractivity contribution in [3.05, 3.63) is 15.9 Å². The fraction of sp³-hybridized carbons (Fsp3) is 0.375. The molecule has 0 amide bonds. The van der Waals surface area contributed by atoms with E-state index in [-0.39, 0.29) is 0 Å². The van der Waals surface area contributed by atoms with E-state index < -0.39 is 0 Å². The number of aromatic nitrogens is 1. The average molecular weight is 153 g/mol. The van der Waals surface area contributed by atoms with Gasteiger partial charge in [0.2, 0.25) is 0 Å². The minimum atomic E-state index is 1.28. The van der Waals surface area contributed by atoms with Gasteiger partial charge in [-0.05, 0) is 32.3 Å². The molecule has 2 heteroatoms. The Morgan fingerprint density at radius 3 is 2.70 bits per heavy atom. The van der Waals surface area contributed by atoms with Crippen molar-refractivity contribution >= 4 is 23.2 Å². The Kier molecular flexibility index (Phi) is 2.22. The highest BCUT2D eigenvalue weighted by molar-refractivity contribution is 7.03. The summed E-state index contributed by atoms with van der Waals surface area (Å²) in [4.78, 5) is 0. The van der Waals surface area contributed by atoms with Gasteiger partial charge in [-0.3, -0.25) is 0 Å². The fourth-order valence-electron chi connectivity index (χ4n) is 0.832. The standard InChI is InChI=1S/C8H11NS/c1-4-8-7(6(2)3)5-9-10-8/h4-5H,1-3H3. The molecule has 0 saturated carbocycles. The Labute approximate surface area is 64.9 Å². The number of hydrogen-bond donors (Lipinski definition) is 0. The van der Waals surface area contributed by atoms with Crippen LogP contribution in [0.1, 0.15) is 20.8 Å². The van der Waals surface area contributed by atoms with Crippen LogP contribution in [-0.4, -0.2) is 4.37 Å². The van der Waals surface area contributed by atoms with E-state index in [9.17, 15) is 0 Å². The molecule has 0 bridgehead atoms. The summed E-state index contributed by atoms with van der Waals surface area (Å²) in [6.45, 7) is 6.26. The molecule has 0 saturated heterocycles. The van der Waals surface area contributed by atoms with Crippen molar-refractivity contribution in [3.8, 4) is 0 Å². The second-order valence-electron chi connectivity index (χ2n) is 2.39. The van der Waals surface area contributed by atoms with Crippen LogP contribution in [0.5, 0.6) is 0 Å². The summed E-state index contributed by atoms with van der Waals surface area (Å²) in [5, 5.41) is 1.28. The van der Waals surface area contributed by atoms with E-state index >= 15 is 0 Å². The first-order chi connectivity index (χ1) is 4.75. The molecule has 10 heavy (non-hydrogen) atoms. The third-order valence-corrected chi connectivity index (χ3v) is 2.26. The molecule has 1 aromatic rings. The quantitative estimate of drug-likeness (QED) is 0.544. The molecule has 0 N–H and O–H groups in total. The topological polar surface area (TPSA) is 12.9 Å². The first-order valence-corrected chi connectivity index (χ1v) is 4.07. The van der Waals surface area contributed by atoms with E-state index in [1.54, 1.807) is 11.5 Å². The molecule has 1 nitrogen and oxygen atoms in total. The molecular formula is C8H11NS. The molecule has 0 spiro atoms. The van der Waals surface area contributed by atoms with E-state index in [4.69, 9.17) is 0 Å². The van der Waals surface area contributed by atoms with Gasteiger partial charge in [-0.1, -0.05) is 11.6 Å². The lowest BCUT2D eigenvalue weighted by Crippen LogP contribution is -2.18. The SMILES string of the molecule is CC=c1sncc1=C(C)C. The van der Waals surface area contributed by atoms with Crippen LogP contribution in [0.3, 0.4) is 0 Å². The highest BCUT2D eigenvalue weighted by Crippen LogP contribution is 1.83. The smallest absolute Gasteiger partial charge is 0.0506 e. The molecule has 0 aliphatic carbocycles. The fourth-order valence-corrected chi connectivity index (χ4v) is 1.56. The molecule has 1 rings (SSSR count). The van der Waals surface area contributed by atoms with Gasteiger partial charge in [-0.25, -0.2) is 0 Å². The van der Waals surface area contributed by atoms with Crippen molar-refractivity contribution in [2.24, 2.45) is 0 Å². The molecule has 54 valence electrons. The first kappa shape index (κ1) is 7.48. The van der Waals surface area contributed by atoms with Crippen LogP contribution in [0.4, 0.5) is 0 Å². The molecule has 0 fully saturated rings. The maximum absolute atomic E-state index is 4.10. The van der Waals surface area contributed by atoms with Crippen molar-refractivity contribution < 1.29 is 0 Å². The van der Waals surface area contributed by atoms with E-state index in [1.807, 2.05) is 13.1 Å². The van der Waals surface area contributed by atoms with Crippen LogP contribution < -0.4 is 9.75 Å². The van der Waals surface area contributed by atoms with Crippen molar-refractivity contribution in [2.75, 3.05) is 0 Å². The summed E-state index contributed by atoms with van der Waals surface area (Å²) >= 11 is 1.55. The van der Waals surface area contributed by atoms with Crippen LogP contribution in [-0.2, 0) is 0 Å². The zero-order chi connectivity index (χ0) is 7.56. The monoisotopic (exact) mass is 153 g/mol. The van der Waals surface area contributed by atoms with Gasteiger partial charge < -0.3 is 0 Å². The maximum Gasteiger partial charge on any atom is 0.0506 e. The summed E-state index contributed by atoms with van der Waals surface area (Å²) < 4.78 is 5.38. The van der Waals surface area contributed by atoms with E-state index in [1.165, 1.54) is 15.3 Å². The van der Waals surface area contributed by atoms with Crippen LogP contribution in [0.25, 0.3) is 11.6 Å². The largest absolute Gasteiger partial charge is 0.200 e. The Bertz CT molecular complexity index is 317. The molecule has 0 unspecified atom stereocenters. The summed E-state index contributed by atoms with van der Waals surface area (Å²) in [5.41, 5.74) is 1.34. The van der Waals surface area contributed by atoms with Gasteiger partial charge in [0.25, 0.3) is 0 Å². The minimum absolute atomic E-state index is 1.28. The number of hydrogen-bond acceptors (Lipinski definition) is 2. The van der Waals surface area contributed by atoms with Gasteiger partial charge in [0.1, 0.15) is 0 Å². The zero-order valence-corrected chi connectivity index (χ0v) is 7.33. The lowest BCUT2D eigenvalue weighted by Gasteiger charge is -1.81. The van der Waals surface area contributed by atoms with E-state index in [0.29, 0.717) is 0 Å². The average Bonchev–Trinajstić information content (AvgIpc) is 2.33. The van der Waals surface area contributed by atoms with E-state index in [0.717, 1.165) is 0 Å². The van der Waals surface area contributed by atoms with Crippen LogP contribution in [0.2, 0.25) is 0 Å². The molecule has 1 heterocycles. The van der Waals surface area contributed by atoms with Crippen LogP contribution >= 0.6 is 11.5 Å². The summed E-state index contributed by atoms with van der Waals surface area (Å²) in [5.74, 6) is 0. The normalized spacial score (nSPS) is 12.1. The summed E-state index contributed by atoms with van der Waals surface area (Å²) in [6.07, 6.45) is 4.02. The van der Waals surface area contributed by atoms with Gasteiger partial charge in [0, 0.05) is 11.4 Å². The molecule has 0 radical (unpaired) electrons. The molecule has 0 aliphatic heterocycles. The van der Waals surface area contributed by atoms with Gasteiger partial charge >= 0.3 is 0 Å². The van der Waals surface area contributed by atoms with Gasteiger partial charge in [0.15, 0.2) is 0 Å². The Morgan fingerprint density at radius 2 is 2.30 bits per heavy atom. The Balaban J connectivity index is 3.59. The molecule has 0 aliphatic rings. The van der Waals surface area contributed by atoms with Gasteiger partial charge in [-0.2, -0.15) is 4.37 Å². The highest BCUT2D eigenvalue weighted by atomic mass is 32.1. The van der Waals surface area contributed by atoms with E-state index in [2.05, 4.69) is 24.3 Å². The van der Waals surface area contributed by atoms with Gasteiger partial charge in [-0.15, -0.1) is 0 Å². The Hall–Kier alpha value is -0.630. The predicted octanol–water partition coefficient (Wildman–Crippen LogP) is 1.13. The zero-order valence-electron chi connectivity index (χ0n) is 6.51. The second-order valence-corrected chi connectivity index (χ2v) is 3.23. The number of rotatable bonds is 0. The highest BCUT2D eigenvalue weighted by Gasteiger charge is 1.87. The third kappa shape index (κ3) is 1.27.